The van der Waals surface area contributed by atoms with Crippen molar-refractivity contribution in [2.24, 2.45) is 10.8 Å². The Kier molecular flexibility index (Phi) is 9.00. The van der Waals surface area contributed by atoms with Gasteiger partial charge in [-0.25, -0.2) is 0 Å². The van der Waals surface area contributed by atoms with E-state index in [0.717, 1.165) is 5.75 Å². The summed E-state index contributed by atoms with van der Waals surface area (Å²) in [5.41, 5.74) is -0.397. The van der Waals surface area contributed by atoms with Crippen molar-refractivity contribution in [3.63, 3.8) is 0 Å². The van der Waals surface area contributed by atoms with E-state index in [2.05, 4.69) is 0 Å². The summed E-state index contributed by atoms with van der Waals surface area (Å²) >= 11 is 1.78. The van der Waals surface area contributed by atoms with Crippen LogP contribution in [-0.2, 0) is 19.1 Å². The number of hydrogen-bond acceptors (Lipinski definition) is 7. The van der Waals surface area contributed by atoms with E-state index in [1.807, 2.05) is 45.9 Å². The molecular formula is C28H34O6S. The zero-order valence-electron chi connectivity index (χ0n) is 20.9. The summed E-state index contributed by atoms with van der Waals surface area (Å²) in [4.78, 5) is 37.9. The number of thioether (sulfide) groups is 1. The zero-order valence-corrected chi connectivity index (χ0v) is 21.7. The van der Waals surface area contributed by atoms with E-state index in [1.54, 1.807) is 48.2 Å². The van der Waals surface area contributed by atoms with Crippen LogP contribution in [0.2, 0.25) is 0 Å². The van der Waals surface area contributed by atoms with E-state index >= 15 is 0 Å². The van der Waals surface area contributed by atoms with Gasteiger partial charge in [-0.05, 0) is 57.9 Å². The maximum Gasteiger partial charge on any atom is 0.311 e. The molecule has 0 aliphatic carbocycles. The molecule has 0 saturated carbocycles. The molecule has 1 aliphatic rings. The smallest absolute Gasteiger partial charge is 0.311 e. The van der Waals surface area contributed by atoms with Crippen molar-refractivity contribution in [2.75, 3.05) is 25.6 Å². The Hall–Kier alpha value is -2.80. The molecule has 0 N–H and O–H groups in total. The minimum Gasteiger partial charge on any atom is -0.490 e. The highest BCUT2D eigenvalue weighted by molar-refractivity contribution is 8.06. The van der Waals surface area contributed by atoms with Gasteiger partial charge in [0.25, 0.3) is 0 Å². The van der Waals surface area contributed by atoms with Crippen LogP contribution < -0.4 is 4.74 Å². The third-order valence-corrected chi connectivity index (χ3v) is 7.14. The van der Waals surface area contributed by atoms with E-state index in [9.17, 15) is 14.4 Å². The van der Waals surface area contributed by atoms with Crippen molar-refractivity contribution in [1.82, 2.24) is 0 Å². The average Bonchev–Trinajstić information content (AvgIpc) is 3.69. The minimum absolute atomic E-state index is 0.0526. The van der Waals surface area contributed by atoms with Crippen LogP contribution in [0.15, 0.2) is 54.6 Å². The topological polar surface area (TPSA) is 78.9 Å². The van der Waals surface area contributed by atoms with Crippen LogP contribution in [0.3, 0.4) is 0 Å². The standard InChI is InChI=1S/C28H34O6S/c1-5-28(4,19-27(2,3)25(30)34-17-23-18-35-23)26(31)33-16-15-32-22-13-11-21(12-14-22)24(29)20-9-7-6-8-10-20/h6-14,23H,5,15-19H2,1-4H3. The second kappa shape index (κ2) is 11.8. The van der Waals surface area contributed by atoms with Crippen molar-refractivity contribution in [1.29, 1.82) is 0 Å². The quantitative estimate of drug-likeness (QED) is 0.160. The Bertz CT molecular complexity index is 1010. The summed E-state index contributed by atoms with van der Waals surface area (Å²) in [6, 6.07) is 16.0. The van der Waals surface area contributed by atoms with Gasteiger partial charge in [0.2, 0.25) is 0 Å². The Labute approximate surface area is 211 Å². The summed E-state index contributed by atoms with van der Waals surface area (Å²) in [7, 11) is 0. The van der Waals surface area contributed by atoms with Gasteiger partial charge < -0.3 is 14.2 Å². The Morgan fingerprint density at radius 2 is 1.51 bits per heavy atom. The minimum atomic E-state index is -0.809. The molecule has 0 amide bonds. The van der Waals surface area contributed by atoms with Gasteiger partial charge in [0, 0.05) is 22.1 Å². The van der Waals surface area contributed by atoms with Crippen LogP contribution in [0.25, 0.3) is 0 Å². The summed E-state index contributed by atoms with van der Waals surface area (Å²) in [6.45, 7) is 8.06. The predicted octanol–water partition coefficient (Wildman–Crippen LogP) is 5.33. The monoisotopic (exact) mass is 498 g/mol. The second-order valence-electron chi connectivity index (χ2n) is 9.73. The van der Waals surface area contributed by atoms with Crippen molar-refractivity contribution in [3.05, 3.63) is 65.7 Å². The van der Waals surface area contributed by atoms with E-state index in [4.69, 9.17) is 14.2 Å². The highest BCUT2D eigenvalue weighted by Crippen LogP contribution is 2.39. The van der Waals surface area contributed by atoms with Crippen molar-refractivity contribution < 1.29 is 28.6 Å². The van der Waals surface area contributed by atoms with Crippen molar-refractivity contribution in [2.45, 2.75) is 45.8 Å². The molecule has 2 atom stereocenters. The van der Waals surface area contributed by atoms with Gasteiger partial charge in [-0.2, -0.15) is 11.8 Å². The first kappa shape index (κ1) is 26.8. The molecule has 2 aromatic carbocycles. The highest BCUT2D eigenvalue weighted by atomic mass is 32.2. The lowest BCUT2D eigenvalue weighted by atomic mass is 9.72. The first-order chi connectivity index (χ1) is 16.6. The fourth-order valence-electron chi connectivity index (χ4n) is 3.84. The average molecular weight is 499 g/mol. The maximum absolute atomic E-state index is 12.9. The molecule has 188 valence electrons. The molecule has 35 heavy (non-hydrogen) atoms. The molecule has 1 aliphatic heterocycles. The van der Waals surface area contributed by atoms with E-state index in [0.29, 0.717) is 41.6 Å². The summed E-state index contributed by atoms with van der Waals surface area (Å²) in [5.74, 6) is 0.927. The van der Waals surface area contributed by atoms with Crippen LogP contribution in [0.4, 0.5) is 0 Å². The third kappa shape index (κ3) is 7.59. The highest BCUT2D eigenvalue weighted by Gasteiger charge is 2.43. The van der Waals surface area contributed by atoms with Gasteiger partial charge in [-0.15, -0.1) is 0 Å². The lowest BCUT2D eigenvalue weighted by Crippen LogP contribution is -2.39. The molecule has 1 heterocycles. The van der Waals surface area contributed by atoms with Crippen molar-refractivity contribution in [3.8, 4) is 5.75 Å². The number of ether oxygens (including phenoxy) is 3. The van der Waals surface area contributed by atoms with Crippen LogP contribution >= 0.6 is 11.8 Å². The second-order valence-corrected chi connectivity index (χ2v) is 11.1. The molecule has 0 spiro atoms. The van der Waals surface area contributed by atoms with Gasteiger partial charge in [0.15, 0.2) is 5.78 Å². The number of ketones is 1. The molecule has 3 rings (SSSR count). The van der Waals surface area contributed by atoms with Crippen LogP contribution in [0, 0.1) is 10.8 Å². The van der Waals surface area contributed by atoms with Gasteiger partial charge in [-0.1, -0.05) is 37.3 Å². The van der Waals surface area contributed by atoms with E-state index in [1.165, 1.54) is 0 Å². The zero-order chi connectivity index (χ0) is 25.5. The molecule has 6 nitrogen and oxygen atoms in total. The van der Waals surface area contributed by atoms with Gasteiger partial charge in [-0.3, -0.25) is 14.4 Å². The fourth-order valence-corrected chi connectivity index (χ4v) is 4.24. The Balaban J connectivity index is 1.45. The largest absolute Gasteiger partial charge is 0.490 e. The van der Waals surface area contributed by atoms with E-state index in [-0.39, 0.29) is 30.9 Å². The SMILES string of the molecule is CCC(C)(CC(C)(C)C(=O)OCC1CS1)C(=O)OCCOc1ccc(C(=O)c2ccccc2)cc1. The summed E-state index contributed by atoms with van der Waals surface area (Å²) in [6.07, 6.45) is 0.878. The predicted molar refractivity (Wildman–Crippen MR) is 137 cm³/mol. The lowest BCUT2D eigenvalue weighted by molar-refractivity contribution is -0.163. The lowest BCUT2D eigenvalue weighted by Gasteiger charge is -2.33. The normalized spacial score (nSPS) is 16.6. The van der Waals surface area contributed by atoms with Gasteiger partial charge in [0.1, 0.15) is 25.6 Å². The summed E-state index contributed by atoms with van der Waals surface area (Å²) in [5, 5.41) is 0.415. The maximum atomic E-state index is 12.9. The Morgan fingerprint density at radius 3 is 2.11 bits per heavy atom. The number of benzene rings is 2. The number of carbonyl (C=O) groups is 3. The first-order valence-electron chi connectivity index (χ1n) is 11.9. The number of esters is 2. The molecule has 2 unspecified atom stereocenters. The number of hydrogen-bond donors (Lipinski definition) is 0. The Morgan fingerprint density at radius 1 is 0.886 bits per heavy atom. The molecule has 2 aromatic rings. The third-order valence-electron chi connectivity index (χ3n) is 6.20. The molecule has 1 fully saturated rings. The van der Waals surface area contributed by atoms with Crippen molar-refractivity contribution >= 4 is 29.5 Å². The molecular weight excluding hydrogens is 464 g/mol. The number of rotatable bonds is 13. The van der Waals surface area contributed by atoms with E-state index < -0.39 is 10.8 Å². The molecule has 0 bridgehead atoms. The fraction of sp³-hybridized carbons (Fsp3) is 0.464. The van der Waals surface area contributed by atoms with Gasteiger partial charge in [0.05, 0.1) is 10.8 Å². The molecule has 0 aromatic heterocycles. The van der Waals surface area contributed by atoms with Gasteiger partial charge >= 0.3 is 11.9 Å². The molecule has 7 heteroatoms. The van der Waals surface area contributed by atoms with Crippen LogP contribution in [0.5, 0.6) is 5.75 Å². The molecule has 1 saturated heterocycles. The molecule has 0 radical (unpaired) electrons. The summed E-state index contributed by atoms with van der Waals surface area (Å²) < 4.78 is 16.6. The van der Waals surface area contributed by atoms with Crippen LogP contribution in [0.1, 0.15) is 56.5 Å². The van der Waals surface area contributed by atoms with Crippen LogP contribution in [-0.4, -0.2) is 48.5 Å². The number of carbonyl (C=O) groups excluding carboxylic acids is 3. The first-order valence-corrected chi connectivity index (χ1v) is 13.0.